The highest BCUT2D eigenvalue weighted by molar-refractivity contribution is 5.94. The molecule has 1 aromatic heterocycles. The fraction of sp³-hybridized carbons (Fsp3) is 0.0667. The number of hydrogen-bond acceptors (Lipinski definition) is 5. The van der Waals surface area contributed by atoms with Crippen LogP contribution in [-0.4, -0.2) is 34.8 Å². The number of hydrogen-bond donors (Lipinski definition) is 2. The Balaban J connectivity index is 1.94. The van der Waals surface area contributed by atoms with Gasteiger partial charge in [-0.25, -0.2) is 10.2 Å². The predicted molar refractivity (Wildman–Crippen MR) is 78.9 cm³/mol. The Morgan fingerprint density at radius 3 is 2.91 bits per heavy atom. The van der Waals surface area contributed by atoms with Gasteiger partial charge in [-0.1, -0.05) is 12.1 Å². The molecule has 7 nitrogen and oxygen atoms in total. The van der Waals surface area contributed by atoms with Gasteiger partial charge < -0.3 is 9.84 Å². The van der Waals surface area contributed by atoms with E-state index in [4.69, 9.17) is 9.84 Å². The molecule has 2 N–H and O–H groups in total. The highest BCUT2D eigenvalue weighted by Crippen LogP contribution is 2.11. The number of aliphatic carboxylic acids is 1. The van der Waals surface area contributed by atoms with E-state index >= 15 is 0 Å². The molecule has 0 aliphatic heterocycles. The van der Waals surface area contributed by atoms with Crippen LogP contribution < -0.4 is 10.2 Å². The van der Waals surface area contributed by atoms with Crippen molar-refractivity contribution < 1.29 is 19.4 Å². The summed E-state index contributed by atoms with van der Waals surface area (Å²) in [6, 6.07) is 9.96. The van der Waals surface area contributed by atoms with E-state index in [2.05, 4.69) is 15.5 Å². The number of nitrogens with one attached hydrogen (secondary N) is 1. The number of amides is 1. The molecule has 1 amide bonds. The van der Waals surface area contributed by atoms with Gasteiger partial charge in [0.1, 0.15) is 5.75 Å². The molecule has 0 unspecified atom stereocenters. The lowest BCUT2D eigenvalue weighted by Gasteiger charge is -2.03. The molecule has 0 saturated heterocycles. The number of carboxylic acids is 1. The number of carbonyl (C=O) groups excluding carboxylic acids is 1. The zero-order valence-corrected chi connectivity index (χ0v) is 11.5. The molecule has 0 aliphatic carbocycles. The van der Waals surface area contributed by atoms with E-state index in [0.717, 1.165) is 0 Å². The molecule has 0 spiro atoms. The minimum absolute atomic E-state index is 0.373. The summed E-state index contributed by atoms with van der Waals surface area (Å²) in [6.45, 7) is -0.418. The van der Waals surface area contributed by atoms with Gasteiger partial charge in [0.05, 0.1) is 11.8 Å². The van der Waals surface area contributed by atoms with Crippen molar-refractivity contribution in [3.8, 4) is 5.75 Å². The quantitative estimate of drug-likeness (QED) is 0.618. The van der Waals surface area contributed by atoms with Crippen LogP contribution in [0.3, 0.4) is 0 Å². The van der Waals surface area contributed by atoms with Crippen LogP contribution in [0, 0.1) is 0 Å². The van der Waals surface area contributed by atoms with Crippen molar-refractivity contribution in [1.82, 2.24) is 10.4 Å². The standard InChI is InChI=1S/C15H13N3O4/c19-14(20)10-22-13-5-1-3-11(7-13)8-17-18-15(21)12-4-2-6-16-9-12/h1-9H,10H2,(H,18,21)(H,19,20)/b17-8+. The Kier molecular flexibility index (Phi) is 5.20. The topological polar surface area (TPSA) is 101 Å². The van der Waals surface area contributed by atoms with E-state index < -0.39 is 12.6 Å². The van der Waals surface area contributed by atoms with E-state index in [1.54, 1.807) is 42.6 Å². The average Bonchev–Trinajstić information content (AvgIpc) is 2.54. The molecule has 0 radical (unpaired) electrons. The third-order valence-electron chi connectivity index (χ3n) is 2.52. The van der Waals surface area contributed by atoms with Gasteiger partial charge >= 0.3 is 5.97 Å². The van der Waals surface area contributed by atoms with Crippen LogP contribution in [0.15, 0.2) is 53.9 Å². The third kappa shape index (κ3) is 4.71. The molecule has 0 atom stereocenters. The van der Waals surface area contributed by atoms with Crippen molar-refractivity contribution in [2.45, 2.75) is 0 Å². The Labute approximate surface area is 126 Å². The molecule has 0 bridgehead atoms. The summed E-state index contributed by atoms with van der Waals surface area (Å²) in [5.41, 5.74) is 3.44. The summed E-state index contributed by atoms with van der Waals surface area (Å²) in [5.74, 6) is -1.02. The molecule has 22 heavy (non-hydrogen) atoms. The number of pyridine rings is 1. The second-order valence-corrected chi connectivity index (χ2v) is 4.20. The minimum Gasteiger partial charge on any atom is -0.482 e. The normalized spacial score (nSPS) is 10.4. The smallest absolute Gasteiger partial charge is 0.341 e. The van der Waals surface area contributed by atoms with Crippen molar-refractivity contribution in [1.29, 1.82) is 0 Å². The molecule has 7 heteroatoms. The lowest BCUT2D eigenvalue weighted by atomic mass is 10.2. The minimum atomic E-state index is -1.05. The van der Waals surface area contributed by atoms with Crippen molar-refractivity contribution >= 4 is 18.1 Å². The molecule has 1 heterocycles. The van der Waals surface area contributed by atoms with Gasteiger partial charge in [0.15, 0.2) is 6.61 Å². The van der Waals surface area contributed by atoms with Crippen LogP contribution in [0.25, 0.3) is 0 Å². The van der Waals surface area contributed by atoms with Crippen molar-refractivity contribution in [3.05, 3.63) is 59.9 Å². The zero-order valence-electron chi connectivity index (χ0n) is 11.5. The fourth-order valence-corrected chi connectivity index (χ4v) is 1.56. The first-order valence-electron chi connectivity index (χ1n) is 6.33. The maximum Gasteiger partial charge on any atom is 0.341 e. The van der Waals surface area contributed by atoms with Crippen LogP contribution >= 0.6 is 0 Å². The molecule has 112 valence electrons. The van der Waals surface area contributed by atoms with E-state index in [1.807, 2.05) is 0 Å². The van der Waals surface area contributed by atoms with Gasteiger partial charge in [-0.2, -0.15) is 5.10 Å². The summed E-state index contributed by atoms with van der Waals surface area (Å²) in [4.78, 5) is 26.0. The van der Waals surface area contributed by atoms with Gasteiger partial charge in [-0.15, -0.1) is 0 Å². The van der Waals surface area contributed by atoms with E-state index in [9.17, 15) is 9.59 Å². The first-order valence-corrected chi connectivity index (χ1v) is 6.33. The monoisotopic (exact) mass is 299 g/mol. The van der Waals surface area contributed by atoms with Gasteiger partial charge in [0, 0.05) is 12.4 Å². The molecule has 2 aromatic rings. The van der Waals surface area contributed by atoms with Gasteiger partial charge in [-0.3, -0.25) is 9.78 Å². The van der Waals surface area contributed by atoms with Crippen LogP contribution in [0.1, 0.15) is 15.9 Å². The summed E-state index contributed by atoms with van der Waals surface area (Å²) < 4.78 is 5.05. The van der Waals surface area contributed by atoms with Gasteiger partial charge in [0.2, 0.25) is 0 Å². The first kappa shape index (κ1) is 15.2. The second kappa shape index (κ2) is 7.53. The maximum atomic E-state index is 11.7. The van der Waals surface area contributed by atoms with E-state index in [0.29, 0.717) is 16.9 Å². The molecule has 0 fully saturated rings. The number of carboxylic acid groups (broad SMARTS) is 1. The Morgan fingerprint density at radius 1 is 1.32 bits per heavy atom. The van der Waals surface area contributed by atoms with Crippen LogP contribution in [-0.2, 0) is 4.79 Å². The molecule has 0 aliphatic rings. The van der Waals surface area contributed by atoms with Gasteiger partial charge in [0.25, 0.3) is 5.91 Å². The lowest BCUT2D eigenvalue weighted by molar-refractivity contribution is -0.139. The second-order valence-electron chi connectivity index (χ2n) is 4.20. The van der Waals surface area contributed by atoms with Crippen LogP contribution in [0.4, 0.5) is 0 Å². The van der Waals surface area contributed by atoms with Crippen LogP contribution in [0.5, 0.6) is 5.75 Å². The predicted octanol–water partition coefficient (Wildman–Crippen LogP) is 1.31. The number of carbonyl (C=O) groups is 2. The largest absolute Gasteiger partial charge is 0.482 e. The molecule has 1 aromatic carbocycles. The number of nitrogens with zero attached hydrogens (tertiary/aromatic N) is 2. The molecule has 0 saturated carbocycles. The Bertz CT molecular complexity index is 686. The average molecular weight is 299 g/mol. The Morgan fingerprint density at radius 2 is 2.18 bits per heavy atom. The number of hydrazone groups is 1. The number of aromatic nitrogens is 1. The van der Waals surface area contributed by atoms with Crippen molar-refractivity contribution in [3.63, 3.8) is 0 Å². The van der Waals surface area contributed by atoms with E-state index in [1.165, 1.54) is 12.4 Å². The fourth-order valence-electron chi connectivity index (χ4n) is 1.56. The summed E-state index contributed by atoms with van der Waals surface area (Å²) in [5, 5.41) is 12.4. The maximum absolute atomic E-state index is 11.7. The van der Waals surface area contributed by atoms with Crippen molar-refractivity contribution in [2.75, 3.05) is 6.61 Å². The highest BCUT2D eigenvalue weighted by Gasteiger charge is 2.03. The zero-order chi connectivity index (χ0) is 15.8. The summed E-state index contributed by atoms with van der Waals surface area (Å²) >= 11 is 0. The van der Waals surface area contributed by atoms with E-state index in [-0.39, 0.29) is 5.91 Å². The summed E-state index contributed by atoms with van der Waals surface area (Å²) in [6.07, 6.45) is 4.44. The van der Waals surface area contributed by atoms with Gasteiger partial charge in [-0.05, 0) is 29.8 Å². The number of benzene rings is 1. The molecular weight excluding hydrogens is 286 g/mol. The lowest BCUT2D eigenvalue weighted by Crippen LogP contribution is -2.17. The third-order valence-corrected chi connectivity index (χ3v) is 2.52. The SMILES string of the molecule is O=C(O)COc1cccc(/C=N/NC(=O)c2cccnc2)c1. The van der Waals surface area contributed by atoms with Crippen molar-refractivity contribution in [2.24, 2.45) is 5.10 Å². The molecular formula is C15H13N3O4. The summed E-state index contributed by atoms with van der Waals surface area (Å²) in [7, 11) is 0. The first-order chi connectivity index (χ1) is 10.6. The number of ether oxygens (including phenoxy) is 1. The Hall–Kier alpha value is -3.22. The molecule has 2 rings (SSSR count). The van der Waals surface area contributed by atoms with Crippen LogP contribution in [0.2, 0.25) is 0 Å². The highest BCUT2D eigenvalue weighted by atomic mass is 16.5. The number of rotatable bonds is 6.